The minimum atomic E-state index is -0.228. The normalized spacial score (nSPS) is 10.8. The van der Waals surface area contributed by atoms with Gasteiger partial charge in [-0.25, -0.2) is 0 Å². The number of aromatic amines is 1. The van der Waals surface area contributed by atoms with Crippen molar-refractivity contribution in [1.82, 2.24) is 15.0 Å². The fourth-order valence-corrected chi connectivity index (χ4v) is 2.85. The number of aromatic nitrogens is 3. The lowest BCUT2D eigenvalue weighted by molar-refractivity contribution is 0.102. The monoisotopic (exact) mass is 362 g/mol. The van der Waals surface area contributed by atoms with Gasteiger partial charge in [-0.2, -0.15) is 0 Å². The number of amides is 1. The minimum absolute atomic E-state index is 0.228. The molecule has 0 atom stereocenters. The third-order valence-electron chi connectivity index (χ3n) is 4.03. The number of hydrogen-bond acceptors (Lipinski definition) is 5. The highest BCUT2D eigenvalue weighted by Crippen LogP contribution is 2.24. The molecule has 0 unspecified atom stereocenters. The molecule has 0 saturated heterocycles. The summed E-state index contributed by atoms with van der Waals surface area (Å²) in [6, 6.07) is 10.9. The molecule has 2 aromatic carbocycles. The van der Waals surface area contributed by atoms with Crippen LogP contribution in [-0.2, 0) is 0 Å². The SMILES string of the molecule is Cc1ccc(-c2cnccn2)cc1NC(=O)c1ccc2[nH]c(=S)oc2c1. The first-order chi connectivity index (χ1) is 12.6. The van der Waals surface area contributed by atoms with Gasteiger partial charge >= 0.3 is 0 Å². The van der Waals surface area contributed by atoms with Gasteiger partial charge in [-0.1, -0.05) is 12.1 Å². The van der Waals surface area contributed by atoms with Crippen LogP contribution in [0.3, 0.4) is 0 Å². The maximum absolute atomic E-state index is 12.6. The van der Waals surface area contributed by atoms with Crippen molar-refractivity contribution < 1.29 is 9.21 Å². The summed E-state index contributed by atoms with van der Waals surface area (Å²) >= 11 is 4.97. The van der Waals surface area contributed by atoms with Crippen molar-refractivity contribution in [2.24, 2.45) is 0 Å². The van der Waals surface area contributed by atoms with Crippen molar-refractivity contribution >= 4 is 34.9 Å². The molecule has 0 saturated carbocycles. The van der Waals surface area contributed by atoms with Crippen LogP contribution in [0.4, 0.5) is 5.69 Å². The molecule has 0 fully saturated rings. The molecule has 0 aliphatic heterocycles. The molecule has 26 heavy (non-hydrogen) atoms. The lowest BCUT2D eigenvalue weighted by Gasteiger charge is -2.10. The second-order valence-electron chi connectivity index (χ2n) is 5.80. The third-order valence-corrected chi connectivity index (χ3v) is 4.21. The molecule has 0 aliphatic carbocycles. The van der Waals surface area contributed by atoms with Gasteiger partial charge in [-0.15, -0.1) is 0 Å². The summed E-state index contributed by atoms with van der Waals surface area (Å²) in [5.41, 5.74) is 5.08. The number of hydrogen-bond donors (Lipinski definition) is 2. The number of anilines is 1. The zero-order valence-electron chi connectivity index (χ0n) is 13.8. The molecular formula is C19H14N4O2S. The highest BCUT2D eigenvalue weighted by molar-refractivity contribution is 7.71. The van der Waals surface area contributed by atoms with Gasteiger partial charge in [0.05, 0.1) is 17.4 Å². The predicted octanol–water partition coefficient (Wildman–Crippen LogP) is 4.51. The van der Waals surface area contributed by atoms with Gasteiger partial charge < -0.3 is 14.7 Å². The van der Waals surface area contributed by atoms with Crippen LogP contribution in [-0.4, -0.2) is 20.9 Å². The molecule has 0 aliphatic rings. The van der Waals surface area contributed by atoms with E-state index >= 15 is 0 Å². The van der Waals surface area contributed by atoms with Crippen LogP contribution < -0.4 is 5.32 Å². The predicted molar refractivity (Wildman–Crippen MR) is 102 cm³/mol. The van der Waals surface area contributed by atoms with E-state index in [0.717, 1.165) is 22.3 Å². The standard InChI is InChI=1S/C19H14N4O2S/c1-11-2-3-12(16-10-20-6-7-21-16)8-15(11)22-18(24)13-4-5-14-17(9-13)25-19(26)23-14/h2-10H,1H3,(H,22,24)(H,23,26). The number of rotatable bonds is 3. The first kappa shape index (κ1) is 16.2. The number of nitrogens with zero attached hydrogens (tertiary/aromatic N) is 2. The van der Waals surface area contributed by atoms with Gasteiger partial charge in [0.25, 0.3) is 10.7 Å². The highest BCUT2D eigenvalue weighted by atomic mass is 32.1. The van der Waals surface area contributed by atoms with Crippen LogP contribution >= 0.6 is 12.2 Å². The molecule has 0 radical (unpaired) electrons. The summed E-state index contributed by atoms with van der Waals surface area (Å²) in [7, 11) is 0. The van der Waals surface area contributed by atoms with Crippen molar-refractivity contribution in [3.8, 4) is 11.3 Å². The number of oxazole rings is 1. The van der Waals surface area contributed by atoms with E-state index in [1.165, 1.54) is 0 Å². The number of aryl methyl sites for hydroxylation is 1. The van der Waals surface area contributed by atoms with Crippen molar-refractivity contribution in [2.45, 2.75) is 6.92 Å². The Morgan fingerprint density at radius 1 is 1.19 bits per heavy atom. The summed E-state index contributed by atoms with van der Waals surface area (Å²) < 4.78 is 5.37. The molecule has 0 bridgehead atoms. The Labute approximate surface area is 153 Å². The Balaban J connectivity index is 1.65. The average Bonchev–Trinajstić information content (AvgIpc) is 3.03. The molecule has 128 valence electrons. The molecule has 1 amide bonds. The summed E-state index contributed by atoms with van der Waals surface area (Å²) in [4.78, 5) is 24.2. The third kappa shape index (κ3) is 3.12. The molecule has 7 heteroatoms. The smallest absolute Gasteiger partial charge is 0.266 e. The summed E-state index contributed by atoms with van der Waals surface area (Å²) in [6.07, 6.45) is 4.94. The molecule has 4 rings (SSSR count). The van der Waals surface area contributed by atoms with Crippen LogP contribution in [0.25, 0.3) is 22.4 Å². The molecule has 4 aromatic rings. The zero-order valence-corrected chi connectivity index (χ0v) is 14.6. The van der Waals surface area contributed by atoms with Gasteiger partial charge in [0.15, 0.2) is 5.58 Å². The van der Waals surface area contributed by atoms with E-state index in [1.54, 1.807) is 36.8 Å². The van der Waals surface area contributed by atoms with Crippen LogP contribution in [0.1, 0.15) is 15.9 Å². The van der Waals surface area contributed by atoms with Gasteiger partial charge in [0, 0.05) is 29.2 Å². The van der Waals surface area contributed by atoms with E-state index in [-0.39, 0.29) is 10.7 Å². The lowest BCUT2D eigenvalue weighted by Crippen LogP contribution is -2.12. The number of fused-ring (bicyclic) bond motifs is 1. The molecule has 2 N–H and O–H groups in total. The average molecular weight is 362 g/mol. The van der Waals surface area contributed by atoms with Gasteiger partial charge in [0.1, 0.15) is 0 Å². The molecular weight excluding hydrogens is 348 g/mol. The quantitative estimate of drug-likeness (QED) is 0.524. The van der Waals surface area contributed by atoms with Crippen molar-refractivity contribution in [3.05, 3.63) is 71.0 Å². The Hall–Kier alpha value is -3.32. The van der Waals surface area contributed by atoms with Crippen LogP contribution in [0, 0.1) is 11.8 Å². The minimum Gasteiger partial charge on any atom is -0.429 e. The Kier molecular flexibility index (Phi) is 4.06. The van der Waals surface area contributed by atoms with E-state index in [9.17, 15) is 4.79 Å². The van der Waals surface area contributed by atoms with E-state index in [2.05, 4.69) is 20.3 Å². The topological polar surface area (TPSA) is 83.8 Å². The van der Waals surface area contributed by atoms with Gasteiger partial charge in [-0.3, -0.25) is 14.8 Å². The zero-order chi connectivity index (χ0) is 18.1. The molecule has 2 heterocycles. The lowest BCUT2D eigenvalue weighted by atomic mass is 10.1. The second kappa shape index (κ2) is 6.53. The van der Waals surface area contributed by atoms with E-state index in [4.69, 9.17) is 16.6 Å². The van der Waals surface area contributed by atoms with Crippen LogP contribution in [0.2, 0.25) is 0 Å². The van der Waals surface area contributed by atoms with Gasteiger partial charge in [0.2, 0.25) is 0 Å². The highest BCUT2D eigenvalue weighted by Gasteiger charge is 2.11. The maximum Gasteiger partial charge on any atom is 0.266 e. The maximum atomic E-state index is 12.6. The second-order valence-corrected chi connectivity index (χ2v) is 6.17. The molecule has 2 aromatic heterocycles. The van der Waals surface area contributed by atoms with E-state index in [1.807, 2.05) is 25.1 Å². The summed E-state index contributed by atoms with van der Waals surface area (Å²) in [5, 5.41) is 2.94. The first-order valence-corrected chi connectivity index (χ1v) is 8.32. The van der Waals surface area contributed by atoms with Crippen LogP contribution in [0.5, 0.6) is 0 Å². The number of benzene rings is 2. The van der Waals surface area contributed by atoms with Crippen LogP contribution in [0.15, 0.2) is 59.4 Å². The molecule has 6 nitrogen and oxygen atoms in total. The number of carbonyl (C=O) groups is 1. The molecule has 0 spiro atoms. The number of carbonyl (C=O) groups excluding carboxylic acids is 1. The summed E-state index contributed by atoms with van der Waals surface area (Å²) in [5.74, 6) is -0.228. The Bertz CT molecular complexity index is 1170. The Morgan fingerprint density at radius 3 is 2.88 bits per heavy atom. The number of H-pyrrole nitrogens is 1. The van der Waals surface area contributed by atoms with E-state index < -0.39 is 0 Å². The largest absolute Gasteiger partial charge is 0.429 e. The fourth-order valence-electron chi connectivity index (χ4n) is 2.65. The van der Waals surface area contributed by atoms with Crippen molar-refractivity contribution in [3.63, 3.8) is 0 Å². The fraction of sp³-hybridized carbons (Fsp3) is 0.0526. The van der Waals surface area contributed by atoms with Crippen molar-refractivity contribution in [1.29, 1.82) is 0 Å². The first-order valence-electron chi connectivity index (χ1n) is 7.91. The Morgan fingerprint density at radius 2 is 2.08 bits per heavy atom. The van der Waals surface area contributed by atoms with Crippen molar-refractivity contribution in [2.75, 3.05) is 5.32 Å². The summed E-state index contributed by atoms with van der Waals surface area (Å²) in [6.45, 7) is 1.93. The number of nitrogens with one attached hydrogen (secondary N) is 2. The van der Waals surface area contributed by atoms with Gasteiger partial charge in [-0.05, 0) is 49.0 Å². The van der Waals surface area contributed by atoms with E-state index in [0.29, 0.717) is 16.8 Å².